The smallest absolute Gasteiger partial charge is 0.191 e. The minimum absolute atomic E-state index is 0.256. The van der Waals surface area contributed by atoms with Gasteiger partial charge in [0.25, 0.3) is 0 Å². The van der Waals surface area contributed by atoms with Gasteiger partial charge in [-0.05, 0) is 44.6 Å². The van der Waals surface area contributed by atoms with E-state index in [1.54, 1.807) is 7.05 Å². The van der Waals surface area contributed by atoms with Crippen LogP contribution in [0.3, 0.4) is 0 Å². The first-order valence-corrected chi connectivity index (χ1v) is 11.0. The number of nitrogens with one attached hydrogen (secondary N) is 2. The normalized spacial score (nSPS) is 17.6. The number of ether oxygens (including phenoxy) is 2. The molecule has 2 atom stereocenters. The van der Waals surface area contributed by atoms with Crippen molar-refractivity contribution in [2.75, 3.05) is 47.5 Å². The quantitative estimate of drug-likeness (QED) is 0.477. The molecule has 3 rings (SSSR count). The van der Waals surface area contributed by atoms with Crippen molar-refractivity contribution in [2.45, 2.75) is 25.9 Å². The van der Waals surface area contributed by atoms with E-state index in [0.29, 0.717) is 19.1 Å². The second-order valence-corrected chi connectivity index (χ2v) is 8.35. The Labute approximate surface area is 186 Å². The van der Waals surface area contributed by atoms with E-state index in [4.69, 9.17) is 9.47 Å². The van der Waals surface area contributed by atoms with Gasteiger partial charge in [0, 0.05) is 38.2 Å². The summed E-state index contributed by atoms with van der Waals surface area (Å²) in [4.78, 5) is 6.62. The summed E-state index contributed by atoms with van der Waals surface area (Å²) in [7, 11) is 6.00. The Bertz CT molecular complexity index is 833. The van der Waals surface area contributed by atoms with Crippen LogP contribution in [0, 0.1) is 12.8 Å². The van der Waals surface area contributed by atoms with Crippen molar-refractivity contribution in [3.05, 3.63) is 65.2 Å². The van der Waals surface area contributed by atoms with Crippen LogP contribution in [0.2, 0.25) is 0 Å². The number of likely N-dealkylation sites (N-methyl/N-ethyl adjacent to an activating group) is 1. The number of hydrogen-bond acceptors (Lipinski definition) is 4. The lowest BCUT2D eigenvalue weighted by Gasteiger charge is -2.26. The Morgan fingerprint density at radius 1 is 1.19 bits per heavy atom. The minimum Gasteiger partial charge on any atom is -0.493 e. The van der Waals surface area contributed by atoms with Gasteiger partial charge in [-0.1, -0.05) is 42.5 Å². The van der Waals surface area contributed by atoms with Gasteiger partial charge in [-0.3, -0.25) is 4.99 Å². The third-order valence-corrected chi connectivity index (χ3v) is 5.66. The molecule has 0 saturated carbocycles. The summed E-state index contributed by atoms with van der Waals surface area (Å²) >= 11 is 0. The molecule has 0 aromatic heterocycles. The average Bonchev–Trinajstić information content (AvgIpc) is 3.29. The molecule has 1 aliphatic heterocycles. The Morgan fingerprint density at radius 2 is 2.00 bits per heavy atom. The second kappa shape index (κ2) is 11.7. The van der Waals surface area contributed by atoms with Crippen molar-refractivity contribution in [3.8, 4) is 5.75 Å². The molecule has 0 bridgehead atoms. The maximum absolute atomic E-state index is 6.17. The van der Waals surface area contributed by atoms with Crippen molar-refractivity contribution in [1.29, 1.82) is 0 Å². The Kier molecular flexibility index (Phi) is 8.74. The molecule has 0 spiro atoms. The number of hydrogen-bond donors (Lipinski definition) is 2. The summed E-state index contributed by atoms with van der Waals surface area (Å²) in [5.74, 6) is 2.19. The summed E-state index contributed by atoms with van der Waals surface area (Å²) in [5, 5.41) is 6.90. The molecule has 1 saturated heterocycles. The van der Waals surface area contributed by atoms with Gasteiger partial charge in [0.1, 0.15) is 5.75 Å². The molecular weight excluding hydrogens is 388 g/mol. The topological polar surface area (TPSA) is 58.1 Å². The molecule has 0 aliphatic carbocycles. The molecule has 2 unspecified atom stereocenters. The lowest BCUT2D eigenvalue weighted by Crippen LogP contribution is -2.41. The number of benzene rings is 2. The van der Waals surface area contributed by atoms with E-state index in [1.165, 1.54) is 11.1 Å². The van der Waals surface area contributed by atoms with Gasteiger partial charge in [0.2, 0.25) is 0 Å². The third-order valence-electron chi connectivity index (χ3n) is 5.66. The van der Waals surface area contributed by atoms with Crippen LogP contribution in [0.15, 0.2) is 53.5 Å². The van der Waals surface area contributed by atoms with Gasteiger partial charge >= 0.3 is 0 Å². The van der Waals surface area contributed by atoms with Gasteiger partial charge in [-0.25, -0.2) is 0 Å². The maximum atomic E-state index is 6.17. The monoisotopic (exact) mass is 424 g/mol. The molecule has 168 valence electrons. The van der Waals surface area contributed by atoms with Crippen molar-refractivity contribution in [2.24, 2.45) is 10.9 Å². The van der Waals surface area contributed by atoms with Gasteiger partial charge in [-0.15, -0.1) is 0 Å². The Morgan fingerprint density at radius 3 is 2.68 bits per heavy atom. The fraction of sp³-hybridized carbons (Fsp3) is 0.480. The predicted octanol–water partition coefficient (Wildman–Crippen LogP) is 3.38. The summed E-state index contributed by atoms with van der Waals surface area (Å²) in [6, 6.07) is 17.1. The fourth-order valence-electron chi connectivity index (χ4n) is 3.73. The molecule has 6 nitrogen and oxygen atoms in total. The minimum atomic E-state index is 0.256. The molecule has 1 fully saturated rings. The molecule has 0 radical (unpaired) electrons. The zero-order valence-corrected chi connectivity index (χ0v) is 19.2. The zero-order chi connectivity index (χ0) is 22.1. The highest BCUT2D eigenvalue weighted by molar-refractivity contribution is 5.79. The third kappa shape index (κ3) is 6.97. The highest BCUT2D eigenvalue weighted by Gasteiger charge is 2.17. The summed E-state index contributed by atoms with van der Waals surface area (Å²) in [5.41, 5.74) is 3.60. The van der Waals surface area contributed by atoms with Crippen LogP contribution >= 0.6 is 0 Å². The van der Waals surface area contributed by atoms with Crippen LogP contribution in [-0.4, -0.2) is 58.4 Å². The van der Waals surface area contributed by atoms with Crippen molar-refractivity contribution < 1.29 is 9.47 Å². The van der Waals surface area contributed by atoms with E-state index in [9.17, 15) is 0 Å². The lowest BCUT2D eigenvalue weighted by molar-refractivity contribution is 0.166. The molecule has 2 N–H and O–H groups in total. The first-order chi connectivity index (χ1) is 15.1. The standard InChI is InChI=1S/C25H36N4O2/c1-19-10-11-22(24(14-19)31-18-20-12-13-30-17-20)15-27-25(26-2)28-16-23(29(3)4)21-8-6-5-7-9-21/h5-11,14,20,23H,12-13,15-18H2,1-4H3,(H2,26,27,28). The maximum Gasteiger partial charge on any atom is 0.191 e. The zero-order valence-electron chi connectivity index (χ0n) is 19.2. The van der Waals surface area contributed by atoms with Crippen LogP contribution in [0.25, 0.3) is 0 Å². The van der Waals surface area contributed by atoms with Gasteiger partial charge in [0.15, 0.2) is 5.96 Å². The van der Waals surface area contributed by atoms with Crippen molar-refractivity contribution in [3.63, 3.8) is 0 Å². The first kappa shape index (κ1) is 23.1. The highest BCUT2D eigenvalue weighted by atomic mass is 16.5. The number of rotatable bonds is 9. The van der Waals surface area contributed by atoms with Gasteiger partial charge < -0.3 is 25.0 Å². The number of guanidine groups is 1. The molecule has 2 aromatic rings. The van der Waals surface area contributed by atoms with Gasteiger partial charge in [0.05, 0.1) is 19.3 Å². The molecular formula is C25H36N4O2. The largest absolute Gasteiger partial charge is 0.493 e. The number of nitrogens with zero attached hydrogens (tertiary/aromatic N) is 2. The van der Waals surface area contributed by atoms with Gasteiger partial charge in [-0.2, -0.15) is 0 Å². The van der Waals surface area contributed by atoms with E-state index in [0.717, 1.165) is 43.5 Å². The van der Waals surface area contributed by atoms with Crippen LogP contribution in [0.4, 0.5) is 0 Å². The van der Waals surface area contributed by atoms with Crippen LogP contribution in [-0.2, 0) is 11.3 Å². The van der Waals surface area contributed by atoms with Crippen LogP contribution < -0.4 is 15.4 Å². The SMILES string of the molecule is CN=C(NCc1ccc(C)cc1OCC1CCOC1)NCC(c1ccccc1)N(C)C. The lowest BCUT2D eigenvalue weighted by atomic mass is 10.1. The molecule has 1 aliphatic rings. The molecule has 31 heavy (non-hydrogen) atoms. The summed E-state index contributed by atoms with van der Waals surface area (Å²) in [6.45, 7) is 5.84. The molecule has 2 aromatic carbocycles. The summed E-state index contributed by atoms with van der Waals surface area (Å²) < 4.78 is 11.6. The number of aliphatic imine (C=N–C) groups is 1. The average molecular weight is 425 g/mol. The Balaban J connectivity index is 1.57. The fourth-order valence-corrected chi connectivity index (χ4v) is 3.73. The molecule has 0 amide bonds. The summed E-state index contributed by atoms with van der Waals surface area (Å²) in [6.07, 6.45) is 1.07. The van der Waals surface area contributed by atoms with Crippen molar-refractivity contribution >= 4 is 5.96 Å². The van der Waals surface area contributed by atoms with E-state index in [-0.39, 0.29) is 6.04 Å². The van der Waals surface area contributed by atoms with Crippen LogP contribution in [0.5, 0.6) is 5.75 Å². The highest BCUT2D eigenvalue weighted by Crippen LogP contribution is 2.23. The Hall–Kier alpha value is -2.57. The first-order valence-electron chi connectivity index (χ1n) is 11.0. The second-order valence-electron chi connectivity index (χ2n) is 8.35. The molecule has 1 heterocycles. The van der Waals surface area contributed by atoms with E-state index in [2.05, 4.69) is 84.0 Å². The van der Waals surface area contributed by atoms with E-state index < -0.39 is 0 Å². The van der Waals surface area contributed by atoms with Crippen molar-refractivity contribution in [1.82, 2.24) is 15.5 Å². The van der Waals surface area contributed by atoms with Crippen LogP contribution in [0.1, 0.15) is 29.2 Å². The predicted molar refractivity (Wildman–Crippen MR) is 127 cm³/mol. The van der Waals surface area contributed by atoms with E-state index in [1.807, 2.05) is 6.07 Å². The number of aryl methyl sites for hydroxylation is 1. The van der Waals surface area contributed by atoms with E-state index >= 15 is 0 Å². The molecule has 6 heteroatoms.